The number of ether oxygens (including phenoxy) is 4. The van der Waals surface area contributed by atoms with Crippen molar-refractivity contribution in [2.45, 2.75) is 98.3 Å². The molecule has 0 fully saturated rings. The van der Waals surface area contributed by atoms with Gasteiger partial charge in [0, 0.05) is 39.0 Å². The summed E-state index contributed by atoms with van der Waals surface area (Å²) in [5, 5.41) is 9.67. The fraction of sp³-hybridized carbons (Fsp3) is 0.553. The van der Waals surface area contributed by atoms with Crippen LogP contribution in [0, 0.1) is 0 Å². The van der Waals surface area contributed by atoms with Crippen molar-refractivity contribution in [1.29, 1.82) is 0 Å². The molecule has 12 nitrogen and oxygen atoms in total. The summed E-state index contributed by atoms with van der Waals surface area (Å²) in [5.74, 6) is -1.40. The third-order valence-corrected chi connectivity index (χ3v) is 7.58. The first kappa shape index (κ1) is 43.6. The molecule has 1 unspecified atom stereocenters. The molecule has 278 valence electrons. The van der Waals surface area contributed by atoms with Gasteiger partial charge in [-0.1, -0.05) is 52.0 Å². The summed E-state index contributed by atoms with van der Waals surface area (Å²) in [6, 6.07) is 14.6. The summed E-state index contributed by atoms with van der Waals surface area (Å²) < 4.78 is 20.1. The van der Waals surface area contributed by atoms with Crippen LogP contribution in [0.1, 0.15) is 90.2 Å². The van der Waals surface area contributed by atoms with E-state index in [-0.39, 0.29) is 31.6 Å². The maximum Gasteiger partial charge on any atom is 0.397 e. The summed E-state index contributed by atoms with van der Waals surface area (Å²) >= 11 is 0. The third-order valence-electron chi connectivity index (χ3n) is 7.58. The van der Waals surface area contributed by atoms with Gasteiger partial charge in [-0.2, -0.15) is 0 Å². The van der Waals surface area contributed by atoms with Crippen molar-refractivity contribution in [3.05, 3.63) is 59.7 Å². The van der Waals surface area contributed by atoms with E-state index in [0.717, 1.165) is 22.6 Å². The molecule has 0 saturated carbocycles. The zero-order chi connectivity index (χ0) is 37.3. The molecular formula is C38H56N2O10. The Labute approximate surface area is 297 Å². The maximum absolute atomic E-state index is 12.4. The molecule has 2 aromatic carbocycles. The van der Waals surface area contributed by atoms with Gasteiger partial charge in [0.05, 0.1) is 33.5 Å². The molecule has 0 saturated heterocycles. The second-order valence-electron chi connectivity index (χ2n) is 11.6. The molecule has 0 aromatic heterocycles. The maximum atomic E-state index is 12.4. The van der Waals surface area contributed by atoms with Gasteiger partial charge in [-0.3, -0.25) is 14.4 Å². The van der Waals surface area contributed by atoms with E-state index < -0.39 is 23.8 Å². The van der Waals surface area contributed by atoms with E-state index in [4.69, 9.17) is 18.9 Å². The van der Waals surface area contributed by atoms with E-state index in [0.29, 0.717) is 71.0 Å². The summed E-state index contributed by atoms with van der Waals surface area (Å²) in [7, 11) is 3.17. The van der Waals surface area contributed by atoms with Crippen LogP contribution in [0.2, 0.25) is 0 Å². The molecule has 0 radical (unpaired) electrons. The number of hydrogen-bond acceptors (Lipinski definition) is 10. The Hall–Kier alpha value is -4.45. The van der Waals surface area contributed by atoms with E-state index in [1.807, 2.05) is 64.1 Å². The number of ketones is 1. The Bertz CT molecular complexity index is 1300. The predicted octanol–water partition coefficient (Wildman–Crippen LogP) is 5.26. The number of esters is 2. The average Bonchev–Trinajstić information content (AvgIpc) is 3.14. The monoisotopic (exact) mass is 700 g/mol. The number of methoxy groups -OCH3 is 2. The van der Waals surface area contributed by atoms with Crippen LogP contribution in [-0.4, -0.2) is 91.1 Å². The highest BCUT2D eigenvalue weighted by atomic mass is 16.5. The normalized spacial score (nSPS) is 10.9. The molecule has 2 amide bonds. The Morgan fingerprint density at radius 2 is 1.08 bits per heavy atom. The largest absolute Gasteiger partial charge is 0.497 e. The first-order chi connectivity index (χ1) is 24.0. The van der Waals surface area contributed by atoms with Gasteiger partial charge in [-0.05, 0) is 73.9 Å². The fourth-order valence-electron chi connectivity index (χ4n) is 4.54. The number of amides is 2. The number of aliphatic hydroxyl groups is 1. The highest BCUT2D eigenvalue weighted by Crippen LogP contribution is 2.16. The van der Waals surface area contributed by atoms with Crippen LogP contribution >= 0.6 is 0 Å². The number of nitrogens with zero attached hydrogens (tertiary/aromatic N) is 2. The predicted molar refractivity (Wildman–Crippen MR) is 189 cm³/mol. The smallest absolute Gasteiger partial charge is 0.397 e. The molecule has 1 N–H and O–H groups in total. The Balaban J connectivity index is 0.000000500. The summed E-state index contributed by atoms with van der Waals surface area (Å²) in [6.07, 6.45) is 4.22. The van der Waals surface area contributed by atoms with Gasteiger partial charge in [-0.25, -0.2) is 9.59 Å². The molecule has 0 aliphatic rings. The van der Waals surface area contributed by atoms with Gasteiger partial charge in [-0.15, -0.1) is 0 Å². The van der Waals surface area contributed by atoms with Gasteiger partial charge in [0.25, 0.3) is 0 Å². The van der Waals surface area contributed by atoms with Crippen LogP contribution in [0.3, 0.4) is 0 Å². The number of carbonyl (C=O) groups is 5. The molecule has 0 heterocycles. The van der Waals surface area contributed by atoms with Crippen molar-refractivity contribution in [1.82, 2.24) is 9.80 Å². The molecule has 2 rings (SSSR count). The number of Topliss-reactive ketones (excluding diaryl/α,β-unsaturated/α-hetero) is 1. The molecule has 1 atom stereocenters. The van der Waals surface area contributed by atoms with Crippen molar-refractivity contribution >= 4 is 29.5 Å². The van der Waals surface area contributed by atoms with Crippen LogP contribution in [0.15, 0.2) is 48.5 Å². The summed E-state index contributed by atoms with van der Waals surface area (Å²) in [5.41, 5.74) is 1.77. The Kier molecular flexibility index (Phi) is 22.2. The highest BCUT2D eigenvalue weighted by Gasteiger charge is 2.24. The second kappa shape index (κ2) is 25.5. The van der Waals surface area contributed by atoms with Crippen molar-refractivity contribution in [3.63, 3.8) is 0 Å². The lowest BCUT2D eigenvalue weighted by atomic mass is 10.1. The number of rotatable bonds is 20. The number of hydrogen-bond donors (Lipinski definition) is 1. The minimum Gasteiger partial charge on any atom is -0.497 e. The molecule has 0 spiro atoms. The lowest BCUT2D eigenvalue weighted by molar-refractivity contribution is -0.160. The minimum atomic E-state index is -0.850. The summed E-state index contributed by atoms with van der Waals surface area (Å²) in [4.78, 5) is 62.9. The zero-order valence-corrected chi connectivity index (χ0v) is 30.6. The quantitative estimate of drug-likeness (QED) is 0.143. The van der Waals surface area contributed by atoms with E-state index in [1.165, 1.54) is 9.80 Å². The van der Waals surface area contributed by atoms with Crippen molar-refractivity contribution in [2.24, 2.45) is 0 Å². The topological polar surface area (TPSA) is 149 Å². The lowest BCUT2D eigenvalue weighted by Crippen LogP contribution is -2.38. The third kappa shape index (κ3) is 17.3. The fourth-order valence-corrected chi connectivity index (χ4v) is 4.54. The molecular weight excluding hydrogens is 644 g/mol. The van der Waals surface area contributed by atoms with Crippen molar-refractivity contribution in [3.8, 4) is 11.5 Å². The van der Waals surface area contributed by atoms with E-state index in [9.17, 15) is 29.1 Å². The van der Waals surface area contributed by atoms with Crippen LogP contribution in [-0.2, 0) is 46.5 Å². The number of carbonyl (C=O) groups excluding carboxylic acids is 5. The van der Waals surface area contributed by atoms with Crippen molar-refractivity contribution < 1.29 is 48.0 Å². The first-order valence-electron chi connectivity index (χ1n) is 17.4. The van der Waals surface area contributed by atoms with Crippen LogP contribution < -0.4 is 9.47 Å². The van der Waals surface area contributed by atoms with E-state index in [1.54, 1.807) is 26.4 Å². The Morgan fingerprint density at radius 3 is 1.44 bits per heavy atom. The number of aliphatic hydroxyl groups excluding tert-OH is 1. The van der Waals surface area contributed by atoms with Crippen LogP contribution in [0.4, 0.5) is 0 Å². The number of benzene rings is 2. The van der Waals surface area contributed by atoms with Crippen molar-refractivity contribution in [2.75, 3.05) is 40.5 Å². The minimum absolute atomic E-state index is 0.144. The molecule has 50 heavy (non-hydrogen) atoms. The summed E-state index contributed by atoms with van der Waals surface area (Å²) in [6.45, 7) is 9.22. The van der Waals surface area contributed by atoms with E-state index >= 15 is 0 Å². The van der Waals surface area contributed by atoms with E-state index in [2.05, 4.69) is 0 Å². The Morgan fingerprint density at radius 1 is 0.660 bits per heavy atom. The standard InChI is InChI=1S/C19H29NO5.C19H27NO5/c2*1-4-13-25-19(23)18(22)20(12-6-7-16(21)5-2)14-15-8-10-17(24-3)11-9-15/h8-11,16,21H,4-7,12-14H2,1-3H3;8-11H,4-7,12-14H2,1-3H3. The molecule has 2 aromatic rings. The lowest BCUT2D eigenvalue weighted by Gasteiger charge is -2.22. The highest BCUT2D eigenvalue weighted by molar-refractivity contribution is 6.32. The SMILES string of the molecule is CCCOC(=O)C(=O)N(CCCC(=O)CC)Cc1ccc(OC)cc1.CCCOC(=O)C(=O)N(CCCC(O)CC)Cc1ccc(OC)cc1. The second-order valence-corrected chi connectivity index (χ2v) is 11.6. The average molecular weight is 701 g/mol. The van der Waals surface area contributed by atoms with Gasteiger partial charge in [0.1, 0.15) is 17.3 Å². The molecule has 12 heteroatoms. The molecule has 0 bridgehead atoms. The van der Waals surface area contributed by atoms with Gasteiger partial charge in [0.15, 0.2) is 0 Å². The van der Waals surface area contributed by atoms with Gasteiger partial charge >= 0.3 is 23.8 Å². The van der Waals surface area contributed by atoms with Crippen LogP contribution in [0.5, 0.6) is 11.5 Å². The molecule has 0 aliphatic heterocycles. The molecule has 0 aliphatic carbocycles. The van der Waals surface area contributed by atoms with Crippen LogP contribution in [0.25, 0.3) is 0 Å². The van der Waals surface area contributed by atoms with Gasteiger partial charge < -0.3 is 33.9 Å². The first-order valence-corrected chi connectivity index (χ1v) is 17.4. The van der Waals surface area contributed by atoms with Gasteiger partial charge in [0.2, 0.25) is 0 Å². The zero-order valence-electron chi connectivity index (χ0n) is 30.6.